The Labute approximate surface area is 162 Å². The van der Waals surface area contributed by atoms with Gasteiger partial charge < -0.3 is 15.5 Å². The summed E-state index contributed by atoms with van der Waals surface area (Å²) in [5.41, 5.74) is 8.07. The average molecular weight is 386 g/mol. The second-order valence-corrected chi connectivity index (χ2v) is 7.69. The number of hydrogen-bond acceptors (Lipinski definition) is 5. The number of hydrogen-bond donors (Lipinski definition) is 1. The Balaban J connectivity index is 1.92. The molecule has 1 heterocycles. The van der Waals surface area contributed by atoms with Crippen molar-refractivity contribution >= 4 is 32.6 Å². The average Bonchev–Trinajstić information content (AvgIpc) is 3.03. The fourth-order valence-corrected chi connectivity index (χ4v) is 3.70. The Morgan fingerprint density at radius 3 is 2.67 bits per heavy atom. The van der Waals surface area contributed by atoms with E-state index in [0.29, 0.717) is 34.0 Å². The molecule has 5 nitrogen and oxygen atoms in total. The number of amides is 1. The van der Waals surface area contributed by atoms with Crippen LogP contribution in [0.1, 0.15) is 17.3 Å². The van der Waals surface area contributed by atoms with Crippen LogP contribution < -0.4 is 5.73 Å². The molecule has 142 valence electrons. The molecule has 2 N–H and O–H groups in total. The Bertz CT molecular complexity index is 970. The molecule has 0 atom stereocenters. The maximum atomic E-state index is 14.4. The number of rotatable bonds is 6. The topological polar surface area (TPSA) is 62.5 Å². The highest BCUT2D eigenvalue weighted by Gasteiger charge is 2.16. The zero-order chi connectivity index (χ0) is 19.6. The zero-order valence-electron chi connectivity index (χ0n) is 15.7. The van der Waals surface area contributed by atoms with E-state index in [9.17, 15) is 9.18 Å². The third-order valence-corrected chi connectivity index (χ3v) is 5.23. The summed E-state index contributed by atoms with van der Waals surface area (Å²) in [7, 11) is 3.96. The number of fused-ring (bicyclic) bond motifs is 1. The third kappa shape index (κ3) is 4.26. The first-order valence-electron chi connectivity index (χ1n) is 8.79. The summed E-state index contributed by atoms with van der Waals surface area (Å²) >= 11 is 1.25. The normalized spacial score (nSPS) is 11.3. The molecule has 3 aromatic rings. The number of carbonyl (C=O) groups excluding carboxylic acids is 1. The molecule has 7 heteroatoms. The van der Waals surface area contributed by atoms with E-state index in [1.807, 2.05) is 55.1 Å². The summed E-state index contributed by atoms with van der Waals surface area (Å²) in [5, 5.41) is 0.337. The Kier molecular flexibility index (Phi) is 5.72. The van der Waals surface area contributed by atoms with Crippen LogP contribution in [-0.4, -0.2) is 54.4 Å². The predicted octanol–water partition coefficient (Wildman–Crippen LogP) is 3.71. The van der Waals surface area contributed by atoms with Gasteiger partial charge in [-0.1, -0.05) is 23.5 Å². The van der Waals surface area contributed by atoms with E-state index in [2.05, 4.69) is 4.98 Å². The number of aromatic nitrogens is 1. The number of likely N-dealkylation sites (N-methyl/N-ethyl adjacent to an activating group) is 2. The van der Waals surface area contributed by atoms with Crippen LogP contribution in [0.15, 0.2) is 36.4 Å². The van der Waals surface area contributed by atoms with Gasteiger partial charge in [0.2, 0.25) is 0 Å². The van der Waals surface area contributed by atoms with Crippen molar-refractivity contribution in [3.05, 3.63) is 47.8 Å². The van der Waals surface area contributed by atoms with Crippen LogP contribution in [0.2, 0.25) is 0 Å². The van der Waals surface area contributed by atoms with E-state index in [4.69, 9.17) is 5.73 Å². The second kappa shape index (κ2) is 8.02. The van der Waals surface area contributed by atoms with Crippen molar-refractivity contribution in [1.82, 2.24) is 14.8 Å². The lowest BCUT2D eigenvalue weighted by Crippen LogP contribution is -2.36. The van der Waals surface area contributed by atoms with Gasteiger partial charge in [-0.05, 0) is 56.4 Å². The van der Waals surface area contributed by atoms with E-state index in [-0.39, 0.29) is 11.4 Å². The number of benzene rings is 2. The summed E-state index contributed by atoms with van der Waals surface area (Å²) in [6, 6.07) is 10.6. The van der Waals surface area contributed by atoms with Gasteiger partial charge in [0, 0.05) is 25.2 Å². The summed E-state index contributed by atoms with van der Waals surface area (Å²) in [4.78, 5) is 20.7. The van der Waals surface area contributed by atoms with Crippen molar-refractivity contribution < 1.29 is 9.18 Å². The minimum absolute atomic E-state index is 0.0233. The summed E-state index contributed by atoms with van der Waals surface area (Å²) in [5.74, 6) is -0.432. The van der Waals surface area contributed by atoms with Gasteiger partial charge in [-0.25, -0.2) is 9.37 Å². The molecule has 0 aliphatic heterocycles. The molecule has 3 rings (SSSR count). The van der Waals surface area contributed by atoms with Crippen LogP contribution in [0.4, 0.5) is 9.52 Å². The van der Waals surface area contributed by atoms with Crippen molar-refractivity contribution in [2.24, 2.45) is 0 Å². The molecule has 1 amide bonds. The van der Waals surface area contributed by atoms with E-state index in [0.717, 1.165) is 12.1 Å². The lowest BCUT2D eigenvalue weighted by molar-refractivity contribution is 0.0754. The van der Waals surface area contributed by atoms with Crippen molar-refractivity contribution in [1.29, 1.82) is 0 Å². The summed E-state index contributed by atoms with van der Waals surface area (Å²) in [6.45, 7) is 4.06. The predicted molar refractivity (Wildman–Crippen MR) is 110 cm³/mol. The quantitative estimate of drug-likeness (QED) is 0.702. The monoisotopic (exact) mass is 386 g/mol. The van der Waals surface area contributed by atoms with Gasteiger partial charge in [0.25, 0.3) is 5.91 Å². The first-order chi connectivity index (χ1) is 12.9. The molecule has 0 radical (unpaired) electrons. The van der Waals surface area contributed by atoms with E-state index in [1.165, 1.54) is 17.4 Å². The second-order valence-electron chi connectivity index (χ2n) is 6.63. The third-order valence-electron chi connectivity index (χ3n) is 4.39. The number of anilines is 1. The SMILES string of the molecule is CCN(CCN(C)C)C(=O)c1cccc(-c2cc(F)c3nc(N)sc3c2)c1. The molecule has 0 saturated carbocycles. The molecule has 0 unspecified atom stereocenters. The number of nitrogens with zero attached hydrogens (tertiary/aromatic N) is 3. The van der Waals surface area contributed by atoms with Crippen molar-refractivity contribution in [3.63, 3.8) is 0 Å². The van der Waals surface area contributed by atoms with Gasteiger partial charge in [0.05, 0.1) is 4.70 Å². The van der Waals surface area contributed by atoms with Gasteiger partial charge >= 0.3 is 0 Å². The van der Waals surface area contributed by atoms with Crippen LogP contribution in [0.25, 0.3) is 21.3 Å². The van der Waals surface area contributed by atoms with Crippen LogP contribution in [-0.2, 0) is 0 Å². The van der Waals surface area contributed by atoms with Crippen LogP contribution in [0, 0.1) is 5.82 Å². The van der Waals surface area contributed by atoms with Crippen molar-refractivity contribution in [2.75, 3.05) is 39.5 Å². The van der Waals surface area contributed by atoms with Gasteiger partial charge in [-0.3, -0.25) is 4.79 Å². The number of nitrogen functional groups attached to an aromatic ring is 1. The standard InChI is InChI=1S/C20H23FN4OS/c1-4-25(9-8-24(2)3)19(26)14-7-5-6-13(10-14)15-11-16(21)18-17(12-15)27-20(22)23-18/h5-7,10-12H,4,8-9H2,1-3H3,(H2,22,23). The zero-order valence-corrected chi connectivity index (χ0v) is 16.5. The number of halogens is 1. The lowest BCUT2D eigenvalue weighted by Gasteiger charge is -2.23. The highest BCUT2D eigenvalue weighted by molar-refractivity contribution is 7.22. The number of thiazole rings is 1. The fraction of sp³-hybridized carbons (Fsp3) is 0.300. The molecule has 0 bridgehead atoms. The maximum absolute atomic E-state index is 14.4. The highest BCUT2D eigenvalue weighted by atomic mass is 32.1. The first kappa shape index (κ1) is 19.3. The number of nitrogens with two attached hydrogens (primary N) is 1. The summed E-state index contributed by atoms with van der Waals surface area (Å²) < 4.78 is 15.1. The van der Waals surface area contributed by atoms with Crippen LogP contribution >= 0.6 is 11.3 Å². The number of carbonyl (C=O) groups is 1. The smallest absolute Gasteiger partial charge is 0.253 e. The van der Waals surface area contributed by atoms with Crippen LogP contribution in [0.3, 0.4) is 0 Å². The molecular formula is C20H23FN4OS. The maximum Gasteiger partial charge on any atom is 0.253 e. The van der Waals surface area contributed by atoms with Gasteiger partial charge in [-0.2, -0.15) is 0 Å². The fourth-order valence-electron chi connectivity index (χ4n) is 2.91. The Morgan fingerprint density at radius 1 is 1.19 bits per heavy atom. The van der Waals surface area contributed by atoms with Crippen molar-refractivity contribution in [2.45, 2.75) is 6.92 Å². The van der Waals surface area contributed by atoms with E-state index < -0.39 is 5.82 Å². The molecule has 0 saturated heterocycles. The van der Waals surface area contributed by atoms with E-state index >= 15 is 0 Å². The largest absolute Gasteiger partial charge is 0.375 e. The molecule has 0 spiro atoms. The molecule has 1 aromatic heterocycles. The Morgan fingerprint density at radius 2 is 1.96 bits per heavy atom. The minimum atomic E-state index is -0.409. The van der Waals surface area contributed by atoms with Crippen LogP contribution in [0.5, 0.6) is 0 Å². The van der Waals surface area contributed by atoms with Gasteiger partial charge in [0.1, 0.15) is 5.52 Å². The molecule has 0 aliphatic carbocycles. The van der Waals surface area contributed by atoms with Crippen molar-refractivity contribution in [3.8, 4) is 11.1 Å². The molecular weight excluding hydrogens is 363 g/mol. The van der Waals surface area contributed by atoms with Gasteiger partial charge in [-0.15, -0.1) is 0 Å². The Hall–Kier alpha value is -2.51. The molecule has 2 aromatic carbocycles. The van der Waals surface area contributed by atoms with E-state index in [1.54, 1.807) is 6.07 Å². The molecule has 0 fully saturated rings. The molecule has 27 heavy (non-hydrogen) atoms. The van der Waals surface area contributed by atoms with Gasteiger partial charge in [0.15, 0.2) is 10.9 Å². The summed E-state index contributed by atoms with van der Waals surface area (Å²) in [6.07, 6.45) is 0. The lowest BCUT2D eigenvalue weighted by atomic mass is 10.0. The molecule has 0 aliphatic rings. The highest BCUT2D eigenvalue weighted by Crippen LogP contribution is 2.31. The first-order valence-corrected chi connectivity index (χ1v) is 9.60. The minimum Gasteiger partial charge on any atom is -0.375 e.